The van der Waals surface area contributed by atoms with Crippen LogP contribution in [0.4, 0.5) is 10.1 Å². The van der Waals surface area contributed by atoms with Gasteiger partial charge < -0.3 is 10.0 Å². The van der Waals surface area contributed by atoms with E-state index in [0.717, 1.165) is 5.56 Å². The lowest BCUT2D eigenvalue weighted by molar-refractivity contribution is 0.0697. The highest BCUT2D eigenvalue weighted by Gasteiger charge is 2.16. The molecule has 0 heterocycles. The van der Waals surface area contributed by atoms with Gasteiger partial charge >= 0.3 is 5.97 Å². The third-order valence-corrected chi connectivity index (χ3v) is 3.21. The van der Waals surface area contributed by atoms with Crippen LogP contribution >= 0.6 is 11.6 Å². The summed E-state index contributed by atoms with van der Waals surface area (Å²) >= 11 is 6.09. The number of hydrogen-bond donors (Lipinski definition) is 1. The first kappa shape index (κ1) is 14.3. The number of anilines is 1. The summed E-state index contributed by atoms with van der Waals surface area (Å²) in [5.74, 6) is -1.37. The Labute approximate surface area is 121 Å². The third-order valence-electron chi connectivity index (χ3n) is 2.91. The van der Waals surface area contributed by atoms with Gasteiger partial charge in [-0.2, -0.15) is 0 Å². The largest absolute Gasteiger partial charge is 0.478 e. The maximum Gasteiger partial charge on any atom is 0.337 e. The van der Waals surface area contributed by atoms with E-state index in [1.807, 2.05) is 0 Å². The molecule has 5 heteroatoms. The van der Waals surface area contributed by atoms with Gasteiger partial charge in [-0.25, -0.2) is 9.18 Å². The van der Waals surface area contributed by atoms with E-state index in [1.165, 1.54) is 18.2 Å². The second-order valence-corrected chi connectivity index (χ2v) is 4.83. The fraction of sp³-hybridized carbons (Fsp3) is 0.133. The molecule has 2 rings (SSSR count). The topological polar surface area (TPSA) is 40.5 Å². The van der Waals surface area contributed by atoms with Crippen LogP contribution < -0.4 is 4.90 Å². The molecule has 0 atom stereocenters. The summed E-state index contributed by atoms with van der Waals surface area (Å²) in [6.07, 6.45) is 0. The van der Waals surface area contributed by atoms with E-state index in [2.05, 4.69) is 0 Å². The van der Waals surface area contributed by atoms with Crippen molar-refractivity contribution in [2.45, 2.75) is 6.54 Å². The van der Waals surface area contributed by atoms with Gasteiger partial charge in [0.1, 0.15) is 5.82 Å². The maximum atomic E-state index is 13.2. The number of benzene rings is 2. The Hall–Kier alpha value is -2.07. The SMILES string of the molecule is CN(Cc1cccc(F)c1)c1c(Cl)cccc1C(=O)O. The Morgan fingerprint density at radius 3 is 2.65 bits per heavy atom. The van der Waals surface area contributed by atoms with E-state index in [1.54, 1.807) is 36.2 Å². The predicted octanol–water partition coefficient (Wildman–Crippen LogP) is 3.81. The summed E-state index contributed by atoms with van der Waals surface area (Å²) in [6.45, 7) is 0.363. The van der Waals surface area contributed by atoms with Crippen LogP contribution in [0.15, 0.2) is 42.5 Å². The molecule has 0 saturated heterocycles. The number of carboxylic acid groups (broad SMARTS) is 1. The molecule has 0 aromatic heterocycles. The molecular formula is C15H13ClFNO2. The average Bonchev–Trinajstić information content (AvgIpc) is 2.38. The van der Waals surface area contributed by atoms with Crippen molar-refractivity contribution in [1.29, 1.82) is 0 Å². The monoisotopic (exact) mass is 293 g/mol. The molecule has 0 aliphatic rings. The number of aromatic carboxylic acids is 1. The van der Waals surface area contributed by atoms with Crippen molar-refractivity contribution in [2.75, 3.05) is 11.9 Å². The zero-order valence-electron chi connectivity index (χ0n) is 10.8. The second kappa shape index (κ2) is 5.92. The molecule has 2 aromatic carbocycles. The van der Waals surface area contributed by atoms with Crippen LogP contribution in [0.1, 0.15) is 15.9 Å². The van der Waals surface area contributed by atoms with Crippen LogP contribution in [0.5, 0.6) is 0 Å². The molecule has 2 aromatic rings. The number of para-hydroxylation sites is 1. The van der Waals surface area contributed by atoms with Crippen LogP contribution in [0, 0.1) is 5.82 Å². The second-order valence-electron chi connectivity index (χ2n) is 4.43. The minimum absolute atomic E-state index is 0.122. The smallest absolute Gasteiger partial charge is 0.337 e. The van der Waals surface area contributed by atoms with E-state index in [4.69, 9.17) is 11.6 Å². The van der Waals surface area contributed by atoms with Gasteiger partial charge in [0.15, 0.2) is 0 Å². The number of carboxylic acids is 1. The molecule has 0 bridgehead atoms. The molecule has 0 spiro atoms. The lowest BCUT2D eigenvalue weighted by atomic mass is 10.1. The summed E-state index contributed by atoms with van der Waals surface area (Å²) in [4.78, 5) is 12.9. The van der Waals surface area contributed by atoms with Crippen LogP contribution in [0.3, 0.4) is 0 Å². The molecular weight excluding hydrogens is 281 g/mol. The van der Waals surface area contributed by atoms with E-state index in [-0.39, 0.29) is 11.4 Å². The molecule has 0 unspecified atom stereocenters. The molecule has 0 saturated carbocycles. The highest BCUT2D eigenvalue weighted by atomic mass is 35.5. The zero-order chi connectivity index (χ0) is 14.7. The summed E-state index contributed by atoms with van der Waals surface area (Å²) in [5, 5.41) is 9.55. The minimum Gasteiger partial charge on any atom is -0.478 e. The minimum atomic E-state index is -1.05. The van der Waals surface area contributed by atoms with Crippen molar-refractivity contribution in [2.24, 2.45) is 0 Å². The highest BCUT2D eigenvalue weighted by Crippen LogP contribution is 2.30. The number of halogens is 2. The predicted molar refractivity (Wildman–Crippen MR) is 76.9 cm³/mol. The first-order valence-corrected chi connectivity index (χ1v) is 6.34. The highest BCUT2D eigenvalue weighted by molar-refractivity contribution is 6.34. The van der Waals surface area contributed by atoms with Crippen molar-refractivity contribution in [3.63, 3.8) is 0 Å². The van der Waals surface area contributed by atoms with Gasteiger partial charge in [-0.1, -0.05) is 29.8 Å². The summed E-state index contributed by atoms with van der Waals surface area (Å²) in [7, 11) is 1.72. The Bertz CT molecular complexity index is 646. The number of rotatable bonds is 4. The van der Waals surface area contributed by atoms with Crippen molar-refractivity contribution in [3.05, 3.63) is 64.4 Å². The molecule has 0 aliphatic carbocycles. The fourth-order valence-electron chi connectivity index (χ4n) is 2.06. The Kier molecular flexibility index (Phi) is 4.25. The van der Waals surface area contributed by atoms with Gasteiger partial charge in [-0.3, -0.25) is 0 Å². The summed E-state index contributed by atoms with van der Waals surface area (Å²) in [6, 6.07) is 10.9. The van der Waals surface area contributed by atoms with Crippen molar-refractivity contribution < 1.29 is 14.3 Å². The van der Waals surface area contributed by atoms with E-state index < -0.39 is 5.97 Å². The van der Waals surface area contributed by atoms with Gasteiger partial charge in [-0.15, -0.1) is 0 Å². The molecule has 3 nitrogen and oxygen atoms in total. The molecule has 1 N–H and O–H groups in total. The van der Waals surface area contributed by atoms with Crippen molar-refractivity contribution >= 4 is 23.3 Å². The Morgan fingerprint density at radius 1 is 1.30 bits per heavy atom. The first-order chi connectivity index (χ1) is 9.49. The maximum absolute atomic E-state index is 13.2. The number of nitrogens with zero attached hydrogens (tertiary/aromatic N) is 1. The van der Waals surface area contributed by atoms with Crippen LogP contribution in [0.2, 0.25) is 5.02 Å². The van der Waals surface area contributed by atoms with E-state index in [9.17, 15) is 14.3 Å². The molecule has 20 heavy (non-hydrogen) atoms. The molecule has 0 radical (unpaired) electrons. The Balaban J connectivity index is 2.34. The summed E-state index contributed by atoms with van der Waals surface area (Å²) in [5.41, 5.74) is 1.28. The van der Waals surface area contributed by atoms with Crippen molar-refractivity contribution in [3.8, 4) is 0 Å². The van der Waals surface area contributed by atoms with Gasteiger partial charge in [0.2, 0.25) is 0 Å². The van der Waals surface area contributed by atoms with Gasteiger partial charge in [0, 0.05) is 13.6 Å². The van der Waals surface area contributed by atoms with Gasteiger partial charge in [0.25, 0.3) is 0 Å². The first-order valence-electron chi connectivity index (χ1n) is 5.96. The lowest BCUT2D eigenvalue weighted by Gasteiger charge is -2.22. The quantitative estimate of drug-likeness (QED) is 0.932. The third kappa shape index (κ3) is 3.08. The normalized spacial score (nSPS) is 10.3. The average molecular weight is 294 g/mol. The summed E-state index contributed by atoms with van der Waals surface area (Å²) < 4.78 is 13.2. The van der Waals surface area contributed by atoms with E-state index >= 15 is 0 Å². The molecule has 0 aliphatic heterocycles. The van der Waals surface area contributed by atoms with Crippen LogP contribution in [-0.4, -0.2) is 18.1 Å². The van der Waals surface area contributed by atoms with Gasteiger partial charge in [0.05, 0.1) is 16.3 Å². The molecule has 0 amide bonds. The van der Waals surface area contributed by atoms with Crippen LogP contribution in [-0.2, 0) is 6.54 Å². The number of hydrogen-bond acceptors (Lipinski definition) is 2. The Morgan fingerprint density at radius 2 is 2.00 bits per heavy atom. The fourth-order valence-corrected chi connectivity index (χ4v) is 2.38. The molecule has 0 fully saturated rings. The van der Waals surface area contributed by atoms with Gasteiger partial charge in [-0.05, 0) is 29.8 Å². The standard InChI is InChI=1S/C15H13ClFNO2/c1-18(9-10-4-2-5-11(17)8-10)14-12(15(19)20)6-3-7-13(14)16/h2-8H,9H2,1H3,(H,19,20). The van der Waals surface area contributed by atoms with Crippen molar-refractivity contribution in [1.82, 2.24) is 0 Å². The molecule has 104 valence electrons. The van der Waals surface area contributed by atoms with E-state index in [0.29, 0.717) is 17.3 Å². The lowest BCUT2D eigenvalue weighted by Crippen LogP contribution is -2.20. The number of carbonyl (C=O) groups is 1. The zero-order valence-corrected chi connectivity index (χ0v) is 11.6. The van der Waals surface area contributed by atoms with Crippen LogP contribution in [0.25, 0.3) is 0 Å².